The molecule has 0 radical (unpaired) electrons. The number of hydrogen-bond acceptors (Lipinski definition) is 0. The van der Waals surface area contributed by atoms with Gasteiger partial charge in [-0.3, -0.25) is 0 Å². The highest BCUT2D eigenvalue weighted by Gasteiger charge is 2.11. The molecule has 0 bridgehead atoms. The summed E-state index contributed by atoms with van der Waals surface area (Å²) in [4.78, 5) is 0. The molecule has 0 aromatic heterocycles. The van der Waals surface area contributed by atoms with Crippen molar-refractivity contribution in [1.82, 2.24) is 0 Å². The first kappa shape index (κ1) is 9.83. The van der Waals surface area contributed by atoms with Crippen molar-refractivity contribution in [3.8, 4) is 0 Å². The van der Waals surface area contributed by atoms with Gasteiger partial charge in [0, 0.05) is 0 Å². The Morgan fingerprint density at radius 2 is 2.00 bits per heavy atom. The lowest BCUT2D eigenvalue weighted by Gasteiger charge is -2.05. The summed E-state index contributed by atoms with van der Waals surface area (Å²) < 4.78 is 0. The Morgan fingerprint density at radius 1 is 1.33 bits per heavy atom. The average molecular weight is 166 g/mol. The molecule has 0 saturated heterocycles. The van der Waals surface area contributed by atoms with Gasteiger partial charge in [0.1, 0.15) is 0 Å². The zero-order valence-corrected chi connectivity index (χ0v) is 8.55. The van der Waals surface area contributed by atoms with Gasteiger partial charge in [0.25, 0.3) is 0 Å². The molecule has 1 saturated carbocycles. The standard InChI is InChI=1S/C12H22/c1-3-6-11(2)9-10-12-7-4-5-8-12/h9-12H,3-8H2,1-2H3. The molecule has 0 aromatic carbocycles. The summed E-state index contributed by atoms with van der Waals surface area (Å²) in [6.45, 7) is 4.59. The quantitative estimate of drug-likeness (QED) is 0.550. The molecule has 0 heterocycles. The number of allylic oxidation sites excluding steroid dienone is 2. The van der Waals surface area contributed by atoms with Gasteiger partial charge in [-0.15, -0.1) is 0 Å². The summed E-state index contributed by atoms with van der Waals surface area (Å²) >= 11 is 0. The Morgan fingerprint density at radius 3 is 2.58 bits per heavy atom. The van der Waals surface area contributed by atoms with Crippen molar-refractivity contribution in [1.29, 1.82) is 0 Å². The van der Waals surface area contributed by atoms with Crippen molar-refractivity contribution in [2.45, 2.75) is 52.4 Å². The molecule has 0 spiro atoms. The molecule has 1 fully saturated rings. The molecule has 1 unspecified atom stereocenters. The minimum Gasteiger partial charge on any atom is -0.0854 e. The van der Waals surface area contributed by atoms with E-state index in [9.17, 15) is 0 Å². The summed E-state index contributed by atoms with van der Waals surface area (Å²) in [6.07, 6.45) is 13.4. The third-order valence-electron chi connectivity index (χ3n) is 2.86. The Bertz CT molecular complexity index is 129. The molecule has 1 rings (SSSR count). The maximum absolute atomic E-state index is 2.47. The van der Waals surface area contributed by atoms with Crippen molar-refractivity contribution < 1.29 is 0 Å². The van der Waals surface area contributed by atoms with E-state index in [1.54, 1.807) is 0 Å². The summed E-state index contributed by atoms with van der Waals surface area (Å²) in [5.41, 5.74) is 0. The van der Waals surface area contributed by atoms with E-state index < -0.39 is 0 Å². The lowest BCUT2D eigenvalue weighted by molar-refractivity contribution is 0.616. The van der Waals surface area contributed by atoms with Crippen molar-refractivity contribution in [3.63, 3.8) is 0 Å². The minimum atomic E-state index is 0.801. The fourth-order valence-electron chi connectivity index (χ4n) is 2.05. The van der Waals surface area contributed by atoms with E-state index in [2.05, 4.69) is 26.0 Å². The van der Waals surface area contributed by atoms with Crippen LogP contribution in [0.5, 0.6) is 0 Å². The van der Waals surface area contributed by atoms with Crippen LogP contribution >= 0.6 is 0 Å². The van der Waals surface area contributed by atoms with Gasteiger partial charge in [0.15, 0.2) is 0 Å². The SMILES string of the molecule is CCCC(C)C=CC1CCCC1. The molecule has 0 aliphatic heterocycles. The second kappa shape index (κ2) is 5.40. The minimum absolute atomic E-state index is 0.801. The average Bonchev–Trinajstić information content (AvgIpc) is 2.53. The predicted octanol–water partition coefficient (Wildman–Crippen LogP) is 4.17. The number of hydrogen-bond donors (Lipinski definition) is 0. The second-order valence-corrected chi connectivity index (χ2v) is 4.20. The molecule has 0 aromatic rings. The van der Waals surface area contributed by atoms with Gasteiger partial charge >= 0.3 is 0 Å². The highest BCUT2D eigenvalue weighted by molar-refractivity contribution is 4.93. The van der Waals surface area contributed by atoms with E-state index in [1.165, 1.54) is 38.5 Å². The highest BCUT2D eigenvalue weighted by atomic mass is 14.2. The third-order valence-corrected chi connectivity index (χ3v) is 2.86. The lowest BCUT2D eigenvalue weighted by atomic mass is 10.0. The molecule has 12 heavy (non-hydrogen) atoms. The van der Waals surface area contributed by atoms with E-state index in [-0.39, 0.29) is 0 Å². The smallest absolute Gasteiger partial charge is 0.0233 e. The van der Waals surface area contributed by atoms with Crippen LogP contribution in [0.25, 0.3) is 0 Å². The maximum atomic E-state index is 2.47. The van der Waals surface area contributed by atoms with E-state index in [4.69, 9.17) is 0 Å². The van der Waals surface area contributed by atoms with E-state index in [0.29, 0.717) is 0 Å². The summed E-state index contributed by atoms with van der Waals surface area (Å²) in [7, 11) is 0. The lowest BCUT2D eigenvalue weighted by Crippen LogP contribution is -1.91. The normalized spacial score (nSPS) is 22.2. The predicted molar refractivity (Wildman–Crippen MR) is 55.2 cm³/mol. The van der Waals surface area contributed by atoms with Gasteiger partial charge in [-0.1, -0.05) is 45.3 Å². The fourth-order valence-corrected chi connectivity index (χ4v) is 2.05. The second-order valence-electron chi connectivity index (χ2n) is 4.20. The van der Waals surface area contributed by atoms with Crippen LogP contribution in [-0.4, -0.2) is 0 Å². The Balaban J connectivity index is 2.18. The van der Waals surface area contributed by atoms with E-state index in [0.717, 1.165) is 11.8 Å². The molecule has 0 N–H and O–H groups in total. The van der Waals surface area contributed by atoms with Crippen LogP contribution in [0.3, 0.4) is 0 Å². The molecule has 1 aliphatic carbocycles. The Kier molecular flexibility index (Phi) is 4.42. The first-order valence-corrected chi connectivity index (χ1v) is 5.51. The monoisotopic (exact) mass is 166 g/mol. The van der Waals surface area contributed by atoms with Gasteiger partial charge in [0.2, 0.25) is 0 Å². The van der Waals surface area contributed by atoms with Crippen molar-refractivity contribution in [2.24, 2.45) is 11.8 Å². The van der Waals surface area contributed by atoms with Gasteiger partial charge in [-0.2, -0.15) is 0 Å². The zero-order chi connectivity index (χ0) is 8.81. The fraction of sp³-hybridized carbons (Fsp3) is 0.833. The van der Waals surface area contributed by atoms with Crippen LogP contribution < -0.4 is 0 Å². The first-order chi connectivity index (χ1) is 5.83. The summed E-state index contributed by atoms with van der Waals surface area (Å²) in [5.74, 6) is 1.72. The van der Waals surface area contributed by atoms with Crippen LogP contribution in [0.15, 0.2) is 12.2 Å². The van der Waals surface area contributed by atoms with Gasteiger partial charge in [-0.25, -0.2) is 0 Å². The van der Waals surface area contributed by atoms with Crippen molar-refractivity contribution in [3.05, 3.63) is 12.2 Å². The van der Waals surface area contributed by atoms with Crippen molar-refractivity contribution in [2.75, 3.05) is 0 Å². The van der Waals surface area contributed by atoms with Crippen LogP contribution in [0, 0.1) is 11.8 Å². The Hall–Kier alpha value is -0.260. The van der Waals surface area contributed by atoms with Crippen LogP contribution in [0.2, 0.25) is 0 Å². The first-order valence-electron chi connectivity index (χ1n) is 5.51. The molecule has 70 valence electrons. The summed E-state index contributed by atoms with van der Waals surface area (Å²) in [5, 5.41) is 0. The topological polar surface area (TPSA) is 0 Å². The molecular weight excluding hydrogens is 144 g/mol. The largest absolute Gasteiger partial charge is 0.0854 e. The molecule has 0 nitrogen and oxygen atoms in total. The van der Waals surface area contributed by atoms with E-state index in [1.807, 2.05) is 0 Å². The van der Waals surface area contributed by atoms with Crippen LogP contribution in [0.1, 0.15) is 52.4 Å². The third kappa shape index (κ3) is 3.42. The van der Waals surface area contributed by atoms with Crippen LogP contribution in [0.4, 0.5) is 0 Å². The van der Waals surface area contributed by atoms with Crippen LogP contribution in [-0.2, 0) is 0 Å². The molecule has 1 aliphatic rings. The Labute approximate surface area is 77.1 Å². The van der Waals surface area contributed by atoms with Gasteiger partial charge < -0.3 is 0 Å². The maximum Gasteiger partial charge on any atom is -0.0233 e. The van der Waals surface area contributed by atoms with Crippen molar-refractivity contribution >= 4 is 0 Å². The summed E-state index contributed by atoms with van der Waals surface area (Å²) in [6, 6.07) is 0. The van der Waals surface area contributed by atoms with Gasteiger partial charge in [-0.05, 0) is 31.1 Å². The molecule has 1 atom stereocenters. The molecule has 0 heteroatoms. The molecule has 0 amide bonds. The molecular formula is C12H22. The highest BCUT2D eigenvalue weighted by Crippen LogP contribution is 2.26. The van der Waals surface area contributed by atoms with E-state index >= 15 is 0 Å². The zero-order valence-electron chi connectivity index (χ0n) is 8.55. The van der Waals surface area contributed by atoms with Gasteiger partial charge in [0.05, 0.1) is 0 Å². The number of rotatable bonds is 4.